The molecule has 0 bridgehead atoms. The summed E-state index contributed by atoms with van der Waals surface area (Å²) >= 11 is 3.14. The predicted molar refractivity (Wildman–Crippen MR) is 107 cm³/mol. The number of hydrogen-bond donors (Lipinski definition) is 1. The molecule has 0 saturated carbocycles. The molecule has 0 aromatic heterocycles. The molecule has 27 heavy (non-hydrogen) atoms. The Bertz CT molecular complexity index is 919. The van der Waals surface area contributed by atoms with Crippen molar-refractivity contribution in [1.82, 2.24) is 0 Å². The summed E-state index contributed by atoms with van der Waals surface area (Å²) < 4.78 is 45.4. The van der Waals surface area contributed by atoms with Gasteiger partial charge in [-0.3, -0.25) is 9.10 Å². The minimum atomic E-state index is -3.77. The van der Waals surface area contributed by atoms with Crippen molar-refractivity contribution in [1.29, 1.82) is 0 Å². The highest BCUT2D eigenvalue weighted by molar-refractivity contribution is 9.10. The minimum Gasteiger partial charge on any atom is -0.494 e. The highest BCUT2D eigenvalue weighted by Gasteiger charge is 2.29. The van der Waals surface area contributed by atoms with Crippen LogP contribution in [0.4, 0.5) is 15.8 Å². The van der Waals surface area contributed by atoms with Gasteiger partial charge < -0.3 is 10.1 Å². The van der Waals surface area contributed by atoms with Crippen molar-refractivity contribution in [3.8, 4) is 5.75 Å². The van der Waals surface area contributed by atoms with Crippen LogP contribution in [0.5, 0.6) is 5.75 Å². The molecule has 0 aliphatic rings. The van der Waals surface area contributed by atoms with Crippen LogP contribution < -0.4 is 14.4 Å². The molecule has 0 spiro atoms. The van der Waals surface area contributed by atoms with Crippen molar-refractivity contribution in [2.24, 2.45) is 0 Å². The van der Waals surface area contributed by atoms with Gasteiger partial charge in [-0.2, -0.15) is 0 Å². The van der Waals surface area contributed by atoms with E-state index in [0.29, 0.717) is 22.5 Å². The maximum Gasteiger partial charge on any atom is 0.248 e. The molecular weight excluding hydrogens is 439 g/mol. The molecule has 0 radical (unpaired) electrons. The Morgan fingerprint density at radius 1 is 1.26 bits per heavy atom. The van der Waals surface area contributed by atoms with Crippen LogP contribution in [0.15, 0.2) is 46.9 Å². The average Bonchev–Trinajstić information content (AvgIpc) is 2.58. The van der Waals surface area contributed by atoms with Crippen LogP contribution in [0.25, 0.3) is 0 Å². The van der Waals surface area contributed by atoms with Crippen molar-refractivity contribution in [3.05, 3.63) is 52.8 Å². The average molecular weight is 459 g/mol. The van der Waals surface area contributed by atoms with Gasteiger partial charge in [0.1, 0.15) is 17.6 Å². The lowest BCUT2D eigenvalue weighted by atomic mass is 10.2. The van der Waals surface area contributed by atoms with Gasteiger partial charge in [-0.25, -0.2) is 12.8 Å². The lowest BCUT2D eigenvalue weighted by Crippen LogP contribution is -2.45. The van der Waals surface area contributed by atoms with Gasteiger partial charge in [-0.15, -0.1) is 0 Å². The number of carbonyl (C=O) groups excluding carboxylic acids is 1. The number of sulfonamides is 1. The van der Waals surface area contributed by atoms with Gasteiger partial charge in [-0.1, -0.05) is 15.9 Å². The Morgan fingerprint density at radius 3 is 2.41 bits per heavy atom. The summed E-state index contributed by atoms with van der Waals surface area (Å²) in [6, 6.07) is 9.43. The molecule has 6 nitrogen and oxygen atoms in total. The number of halogens is 2. The van der Waals surface area contributed by atoms with E-state index in [-0.39, 0.29) is 5.69 Å². The fraction of sp³-hybridized carbons (Fsp3) is 0.278. The molecule has 0 aliphatic heterocycles. The molecule has 1 N–H and O–H groups in total. The number of rotatable bonds is 7. The third kappa shape index (κ3) is 5.43. The molecule has 0 heterocycles. The summed E-state index contributed by atoms with van der Waals surface area (Å²) in [5.74, 6) is -0.698. The Kier molecular flexibility index (Phi) is 6.83. The molecule has 0 saturated heterocycles. The molecule has 0 fully saturated rings. The van der Waals surface area contributed by atoms with Crippen molar-refractivity contribution < 1.29 is 22.3 Å². The number of benzene rings is 2. The Morgan fingerprint density at radius 2 is 1.89 bits per heavy atom. The smallest absolute Gasteiger partial charge is 0.248 e. The molecule has 1 atom stereocenters. The van der Waals surface area contributed by atoms with Crippen molar-refractivity contribution in [2.45, 2.75) is 19.9 Å². The normalized spacial score (nSPS) is 12.3. The first-order valence-corrected chi connectivity index (χ1v) is 10.8. The summed E-state index contributed by atoms with van der Waals surface area (Å²) in [4.78, 5) is 12.6. The van der Waals surface area contributed by atoms with Gasteiger partial charge in [0.25, 0.3) is 0 Å². The molecule has 2 aromatic rings. The maximum atomic E-state index is 14.0. The zero-order chi connectivity index (χ0) is 20.2. The van der Waals surface area contributed by atoms with Crippen LogP contribution >= 0.6 is 15.9 Å². The van der Waals surface area contributed by atoms with E-state index in [1.165, 1.54) is 19.1 Å². The van der Waals surface area contributed by atoms with Crippen LogP contribution in [0.2, 0.25) is 0 Å². The Hall–Kier alpha value is -2.13. The summed E-state index contributed by atoms with van der Waals surface area (Å²) in [6.45, 7) is 3.75. The number of hydrogen-bond acceptors (Lipinski definition) is 4. The standard InChI is InChI=1S/C18H20BrFN2O4S/c1-4-26-15-8-6-14(7-9-15)22(27(3,24)25)12(2)18(23)21-17-10-5-13(19)11-16(17)20/h5-12H,4H2,1-3H3,(H,21,23)/t12-/m1/s1. The lowest BCUT2D eigenvalue weighted by Gasteiger charge is -2.28. The summed E-state index contributed by atoms with van der Waals surface area (Å²) in [7, 11) is -3.77. The van der Waals surface area contributed by atoms with Crippen molar-refractivity contribution in [3.63, 3.8) is 0 Å². The Labute approximate surface area is 166 Å². The van der Waals surface area contributed by atoms with Gasteiger partial charge in [-0.05, 0) is 56.3 Å². The predicted octanol–water partition coefficient (Wildman–Crippen LogP) is 3.78. The quantitative estimate of drug-likeness (QED) is 0.684. The maximum absolute atomic E-state index is 14.0. The SMILES string of the molecule is CCOc1ccc(N([C@H](C)C(=O)Nc2ccc(Br)cc2F)S(C)(=O)=O)cc1. The second kappa shape index (κ2) is 8.71. The fourth-order valence-electron chi connectivity index (χ4n) is 2.49. The molecular formula is C18H20BrFN2O4S. The van der Waals surface area contributed by atoms with E-state index in [2.05, 4.69) is 21.2 Å². The monoisotopic (exact) mass is 458 g/mol. The summed E-state index contributed by atoms with van der Waals surface area (Å²) in [6.07, 6.45) is 1.01. The van der Waals surface area contributed by atoms with E-state index in [9.17, 15) is 17.6 Å². The van der Waals surface area contributed by atoms with Crippen LogP contribution in [-0.4, -0.2) is 33.2 Å². The first-order valence-electron chi connectivity index (χ1n) is 8.11. The van der Waals surface area contributed by atoms with Crippen molar-refractivity contribution >= 4 is 43.2 Å². The number of amides is 1. The highest BCUT2D eigenvalue weighted by Crippen LogP contribution is 2.25. The molecule has 0 aliphatic carbocycles. The molecule has 0 unspecified atom stereocenters. The van der Waals surface area contributed by atoms with E-state index >= 15 is 0 Å². The van der Waals surface area contributed by atoms with E-state index in [0.717, 1.165) is 10.6 Å². The third-order valence-electron chi connectivity index (χ3n) is 3.68. The van der Waals surface area contributed by atoms with Crippen LogP contribution in [0, 0.1) is 5.82 Å². The molecule has 146 valence electrons. The second-order valence-electron chi connectivity index (χ2n) is 5.78. The molecule has 2 aromatic carbocycles. The van der Waals surface area contributed by atoms with E-state index in [4.69, 9.17) is 4.74 Å². The first-order chi connectivity index (χ1) is 12.6. The molecule has 1 amide bonds. The van der Waals surface area contributed by atoms with Crippen LogP contribution in [0.3, 0.4) is 0 Å². The topological polar surface area (TPSA) is 75.7 Å². The van der Waals surface area contributed by atoms with Crippen LogP contribution in [-0.2, 0) is 14.8 Å². The number of ether oxygens (including phenoxy) is 1. The van der Waals surface area contributed by atoms with Gasteiger partial charge in [0.15, 0.2) is 0 Å². The van der Waals surface area contributed by atoms with E-state index < -0.39 is 27.8 Å². The number of nitrogens with zero attached hydrogens (tertiary/aromatic N) is 1. The highest BCUT2D eigenvalue weighted by atomic mass is 79.9. The summed E-state index contributed by atoms with van der Waals surface area (Å²) in [5, 5.41) is 2.43. The van der Waals surface area contributed by atoms with Crippen LogP contribution in [0.1, 0.15) is 13.8 Å². The second-order valence-corrected chi connectivity index (χ2v) is 8.55. The minimum absolute atomic E-state index is 0.0322. The van der Waals surface area contributed by atoms with Gasteiger partial charge in [0.2, 0.25) is 15.9 Å². The van der Waals surface area contributed by atoms with Gasteiger partial charge in [0, 0.05) is 4.47 Å². The van der Waals surface area contributed by atoms with E-state index in [1.807, 2.05) is 6.92 Å². The van der Waals surface area contributed by atoms with E-state index in [1.54, 1.807) is 30.3 Å². The largest absolute Gasteiger partial charge is 0.494 e. The zero-order valence-corrected chi connectivity index (χ0v) is 17.5. The van der Waals surface area contributed by atoms with Crippen molar-refractivity contribution in [2.75, 3.05) is 22.5 Å². The summed E-state index contributed by atoms with van der Waals surface area (Å²) in [5.41, 5.74) is 0.273. The fourth-order valence-corrected chi connectivity index (χ4v) is 4.00. The number of anilines is 2. The lowest BCUT2D eigenvalue weighted by molar-refractivity contribution is -0.116. The Balaban J connectivity index is 2.28. The number of carbonyl (C=O) groups is 1. The zero-order valence-electron chi connectivity index (χ0n) is 15.1. The van der Waals surface area contributed by atoms with Gasteiger partial charge >= 0.3 is 0 Å². The number of nitrogens with one attached hydrogen (secondary N) is 1. The molecule has 2 rings (SSSR count). The van der Waals surface area contributed by atoms with Gasteiger partial charge in [0.05, 0.1) is 24.2 Å². The molecule has 9 heteroatoms. The third-order valence-corrected chi connectivity index (χ3v) is 5.41. The first kappa shape index (κ1) is 21.2.